The molecular formula is C22H30O2. The van der Waals surface area contributed by atoms with Crippen LogP contribution in [0.25, 0.3) is 0 Å². The van der Waals surface area contributed by atoms with E-state index in [2.05, 4.69) is 32.1 Å². The van der Waals surface area contributed by atoms with Crippen molar-refractivity contribution in [1.29, 1.82) is 0 Å². The van der Waals surface area contributed by atoms with Crippen molar-refractivity contribution in [2.24, 2.45) is 28.6 Å². The molecule has 0 aromatic rings. The van der Waals surface area contributed by atoms with E-state index in [9.17, 15) is 4.79 Å². The molecule has 1 heterocycles. The van der Waals surface area contributed by atoms with Crippen molar-refractivity contribution in [2.75, 3.05) is 0 Å². The number of esters is 1. The molecule has 130 valence electrons. The van der Waals surface area contributed by atoms with E-state index < -0.39 is 0 Å². The van der Waals surface area contributed by atoms with Crippen LogP contribution in [-0.2, 0) is 9.53 Å². The van der Waals surface area contributed by atoms with Gasteiger partial charge in [-0.1, -0.05) is 32.1 Å². The third-order valence-corrected chi connectivity index (χ3v) is 8.90. The minimum Gasteiger partial charge on any atom is -0.458 e. The van der Waals surface area contributed by atoms with Gasteiger partial charge in [-0.15, -0.1) is 0 Å². The van der Waals surface area contributed by atoms with Crippen LogP contribution in [0.5, 0.6) is 0 Å². The van der Waals surface area contributed by atoms with Crippen LogP contribution in [0.2, 0.25) is 0 Å². The molecule has 0 aromatic heterocycles. The maximum Gasteiger partial charge on any atom is 0.306 e. The zero-order valence-electron chi connectivity index (χ0n) is 15.1. The summed E-state index contributed by atoms with van der Waals surface area (Å²) in [6.07, 6.45) is 17.9. The van der Waals surface area contributed by atoms with Crippen LogP contribution in [-0.4, -0.2) is 11.6 Å². The van der Waals surface area contributed by atoms with Gasteiger partial charge in [0.05, 0.1) is 0 Å². The van der Waals surface area contributed by atoms with Crippen molar-refractivity contribution in [2.45, 2.75) is 77.2 Å². The molecule has 1 aliphatic heterocycles. The Hall–Kier alpha value is -1.05. The first-order valence-electron chi connectivity index (χ1n) is 10.1. The predicted octanol–water partition coefficient (Wildman–Crippen LogP) is 5.19. The first kappa shape index (κ1) is 15.2. The van der Waals surface area contributed by atoms with Crippen molar-refractivity contribution in [3.05, 3.63) is 23.8 Å². The molecule has 24 heavy (non-hydrogen) atoms. The topological polar surface area (TPSA) is 26.3 Å². The summed E-state index contributed by atoms with van der Waals surface area (Å²) in [4.78, 5) is 11.9. The highest BCUT2D eigenvalue weighted by atomic mass is 16.6. The third kappa shape index (κ3) is 1.70. The van der Waals surface area contributed by atoms with Gasteiger partial charge in [0, 0.05) is 11.8 Å². The lowest BCUT2D eigenvalue weighted by Gasteiger charge is -2.57. The fourth-order valence-corrected chi connectivity index (χ4v) is 7.48. The summed E-state index contributed by atoms with van der Waals surface area (Å²) in [5.74, 6) is 2.21. The lowest BCUT2D eigenvalue weighted by atomic mass is 9.48. The molecule has 5 rings (SSSR count). The molecule has 0 bridgehead atoms. The van der Waals surface area contributed by atoms with E-state index in [-0.39, 0.29) is 17.0 Å². The number of hydrogen-bond acceptors (Lipinski definition) is 2. The van der Waals surface area contributed by atoms with Crippen LogP contribution >= 0.6 is 0 Å². The summed E-state index contributed by atoms with van der Waals surface area (Å²) in [6.45, 7) is 4.98. The van der Waals surface area contributed by atoms with Gasteiger partial charge >= 0.3 is 5.97 Å². The molecule has 0 aromatic carbocycles. The fraction of sp³-hybridized carbons (Fsp3) is 0.773. The largest absolute Gasteiger partial charge is 0.458 e. The molecule has 2 nitrogen and oxygen atoms in total. The van der Waals surface area contributed by atoms with Gasteiger partial charge in [-0.25, -0.2) is 0 Å². The van der Waals surface area contributed by atoms with Crippen LogP contribution in [0, 0.1) is 28.6 Å². The summed E-state index contributed by atoms with van der Waals surface area (Å²) >= 11 is 0. The first-order valence-corrected chi connectivity index (χ1v) is 10.1. The Morgan fingerprint density at radius 1 is 1.08 bits per heavy atom. The van der Waals surface area contributed by atoms with Crippen molar-refractivity contribution < 1.29 is 9.53 Å². The van der Waals surface area contributed by atoms with Gasteiger partial charge in [0.15, 0.2) is 0 Å². The molecule has 1 saturated heterocycles. The Bertz CT molecular complexity index is 646. The third-order valence-electron chi connectivity index (χ3n) is 8.90. The van der Waals surface area contributed by atoms with E-state index in [0.29, 0.717) is 23.7 Å². The first-order chi connectivity index (χ1) is 11.5. The molecule has 2 heteroatoms. The highest BCUT2D eigenvalue weighted by Crippen LogP contribution is 2.68. The standard InChI is InChI=1S/C22H30O2/c1-20-11-4-3-5-15(20)6-7-16-17(20)8-12-21(2)18(16)9-13-22(21)14-10-19(23)24-22/h5-7,16-18H,3-4,8-14H2,1-2H3/t16?,17?,18?,20?,21?,22-/m1/s1. The summed E-state index contributed by atoms with van der Waals surface area (Å²) in [7, 11) is 0. The number of carbonyl (C=O) groups is 1. The molecule has 6 atom stereocenters. The van der Waals surface area contributed by atoms with Gasteiger partial charge in [0.25, 0.3) is 0 Å². The van der Waals surface area contributed by atoms with Crippen LogP contribution in [0.15, 0.2) is 23.8 Å². The second-order valence-corrected chi connectivity index (χ2v) is 9.58. The molecule has 0 amide bonds. The normalized spacial score (nSPS) is 52.5. The molecule has 5 unspecified atom stereocenters. The Kier molecular flexibility index (Phi) is 3.02. The smallest absolute Gasteiger partial charge is 0.306 e. The average Bonchev–Trinajstić information content (AvgIpc) is 3.08. The summed E-state index contributed by atoms with van der Waals surface area (Å²) < 4.78 is 6.02. The Morgan fingerprint density at radius 3 is 2.71 bits per heavy atom. The Labute approximate surface area is 145 Å². The highest BCUT2D eigenvalue weighted by Gasteiger charge is 2.66. The van der Waals surface area contributed by atoms with E-state index in [4.69, 9.17) is 4.74 Å². The van der Waals surface area contributed by atoms with Crippen molar-refractivity contribution in [3.8, 4) is 0 Å². The monoisotopic (exact) mass is 326 g/mol. The van der Waals surface area contributed by atoms with Gasteiger partial charge in [0.2, 0.25) is 0 Å². The van der Waals surface area contributed by atoms with E-state index in [1.54, 1.807) is 5.57 Å². The minimum atomic E-state index is -0.142. The van der Waals surface area contributed by atoms with Gasteiger partial charge in [-0.2, -0.15) is 0 Å². The molecule has 1 spiro atoms. The average molecular weight is 326 g/mol. The summed E-state index contributed by atoms with van der Waals surface area (Å²) in [6, 6.07) is 0. The highest BCUT2D eigenvalue weighted by molar-refractivity contribution is 5.72. The lowest BCUT2D eigenvalue weighted by Crippen LogP contribution is -2.53. The SMILES string of the molecule is CC12CCCC=C1C=CC1C2CCC2(C)C1CC[C@@]21CCC(=O)O1. The molecule has 4 aliphatic carbocycles. The quantitative estimate of drug-likeness (QED) is 0.573. The van der Waals surface area contributed by atoms with Gasteiger partial charge in [-0.3, -0.25) is 4.79 Å². The lowest BCUT2D eigenvalue weighted by molar-refractivity contribution is -0.165. The number of carbonyl (C=O) groups excluding carboxylic acids is 1. The van der Waals surface area contributed by atoms with E-state index >= 15 is 0 Å². The molecular weight excluding hydrogens is 296 g/mol. The number of hydrogen-bond donors (Lipinski definition) is 0. The zero-order valence-corrected chi connectivity index (χ0v) is 15.1. The second-order valence-electron chi connectivity index (χ2n) is 9.58. The second kappa shape index (κ2) is 4.77. The molecule has 2 saturated carbocycles. The maximum atomic E-state index is 11.9. The number of ether oxygens (including phenoxy) is 1. The van der Waals surface area contributed by atoms with Crippen molar-refractivity contribution >= 4 is 5.97 Å². The zero-order chi connectivity index (χ0) is 16.6. The van der Waals surface area contributed by atoms with Crippen molar-refractivity contribution in [1.82, 2.24) is 0 Å². The van der Waals surface area contributed by atoms with Gasteiger partial charge in [0.1, 0.15) is 5.60 Å². The molecule has 0 radical (unpaired) electrons. The number of allylic oxidation sites excluding steroid dienone is 4. The van der Waals surface area contributed by atoms with Crippen LogP contribution in [0.1, 0.15) is 71.6 Å². The predicted molar refractivity (Wildman–Crippen MR) is 94.3 cm³/mol. The molecule has 0 N–H and O–H groups in total. The van der Waals surface area contributed by atoms with E-state index in [0.717, 1.165) is 18.8 Å². The van der Waals surface area contributed by atoms with Crippen LogP contribution in [0.4, 0.5) is 0 Å². The Morgan fingerprint density at radius 2 is 1.92 bits per heavy atom. The van der Waals surface area contributed by atoms with Gasteiger partial charge < -0.3 is 4.74 Å². The number of fused-ring (bicyclic) bond motifs is 6. The fourth-order valence-electron chi connectivity index (χ4n) is 7.48. The van der Waals surface area contributed by atoms with E-state index in [1.165, 1.54) is 38.5 Å². The van der Waals surface area contributed by atoms with Crippen molar-refractivity contribution in [3.63, 3.8) is 0 Å². The maximum absolute atomic E-state index is 11.9. The van der Waals surface area contributed by atoms with Gasteiger partial charge in [-0.05, 0) is 80.1 Å². The summed E-state index contributed by atoms with van der Waals surface area (Å²) in [5, 5.41) is 0. The van der Waals surface area contributed by atoms with Crippen LogP contribution in [0.3, 0.4) is 0 Å². The minimum absolute atomic E-state index is 0.0441. The number of rotatable bonds is 0. The van der Waals surface area contributed by atoms with Crippen LogP contribution < -0.4 is 0 Å². The van der Waals surface area contributed by atoms with E-state index in [1.807, 2.05) is 0 Å². The Balaban J connectivity index is 1.53. The molecule has 3 fully saturated rings. The summed E-state index contributed by atoms with van der Waals surface area (Å²) in [5.41, 5.74) is 2.05. The molecule has 5 aliphatic rings.